The van der Waals surface area contributed by atoms with E-state index >= 15 is 0 Å². The molecule has 0 aromatic rings. The standard InChI is InChI=1S/C11H20O2/c1-2-3-4-5-6-7-8-11-12-9-10-13-11/h2-3,11H,4-10H2,1H3/b3-2-. The Morgan fingerprint density at radius 2 is 1.92 bits per heavy atom. The zero-order chi connectivity index (χ0) is 9.36. The van der Waals surface area contributed by atoms with E-state index in [1.165, 1.54) is 25.7 Å². The Morgan fingerprint density at radius 3 is 2.62 bits per heavy atom. The van der Waals surface area contributed by atoms with E-state index < -0.39 is 0 Å². The van der Waals surface area contributed by atoms with Crippen LogP contribution in [0.1, 0.15) is 39.0 Å². The first-order chi connectivity index (χ1) is 6.43. The Bertz CT molecular complexity index is 137. The van der Waals surface area contributed by atoms with Crippen molar-refractivity contribution in [3.63, 3.8) is 0 Å². The van der Waals surface area contributed by atoms with Crippen molar-refractivity contribution in [2.75, 3.05) is 13.2 Å². The predicted octanol–water partition coefficient (Wildman–Crippen LogP) is 2.89. The summed E-state index contributed by atoms with van der Waals surface area (Å²) >= 11 is 0. The Hall–Kier alpha value is -0.340. The zero-order valence-electron chi connectivity index (χ0n) is 8.50. The molecule has 0 amide bonds. The van der Waals surface area contributed by atoms with Gasteiger partial charge in [-0.05, 0) is 32.6 Å². The molecule has 1 fully saturated rings. The van der Waals surface area contributed by atoms with Gasteiger partial charge in [0.25, 0.3) is 0 Å². The molecule has 0 unspecified atom stereocenters. The van der Waals surface area contributed by atoms with Gasteiger partial charge in [0, 0.05) is 0 Å². The molecule has 0 aromatic heterocycles. The van der Waals surface area contributed by atoms with Gasteiger partial charge in [-0.2, -0.15) is 0 Å². The van der Waals surface area contributed by atoms with Crippen LogP contribution in [0.25, 0.3) is 0 Å². The lowest BCUT2D eigenvalue weighted by Gasteiger charge is -2.07. The van der Waals surface area contributed by atoms with Crippen molar-refractivity contribution in [2.45, 2.75) is 45.3 Å². The Kier molecular flexibility index (Phi) is 5.87. The highest BCUT2D eigenvalue weighted by Gasteiger charge is 2.14. The van der Waals surface area contributed by atoms with Crippen LogP contribution >= 0.6 is 0 Å². The fraction of sp³-hybridized carbons (Fsp3) is 0.818. The Labute approximate surface area is 80.9 Å². The normalized spacial score (nSPS) is 18.8. The summed E-state index contributed by atoms with van der Waals surface area (Å²) in [6, 6.07) is 0. The van der Waals surface area contributed by atoms with Crippen molar-refractivity contribution in [1.29, 1.82) is 0 Å². The molecule has 0 atom stereocenters. The first kappa shape index (κ1) is 10.7. The minimum atomic E-state index is 0.0988. The van der Waals surface area contributed by atoms with Crippen LogP contribution in [0.2, 0.25) is 0 Å². The first-order valence-electron chi connectivity index (χ1n) is 5.28. The summed E-state index contributed by atoms with van der Waals surface area (Å²) in [5.74, 6) is 0. The molecular formula is C11H20O2. The van der Waals surface area contributed by atoms with Crippen molar-refractivity contribution in [3.8, 4) is 0 Å². The SMILES string of the molecule is C/C=C\CCCCCC1OCCO1. The highest BCUT2D eigenvalue weighted by atomic mass is 16.7. The van der Waals surface area contributed by atoms with Crippen molar-refractivity contribution in [1.82, 2.24) is 0 Å². The van der Waals surface area contributed by atoms with Crippen LogP contribution in [0.3, 0.4) is 0 Å². The second-order valence-electron chi connectivity index (χ2n) is 3.38. The highest BCUT2D eigenvalue weighted by Crippen LogP contribution is 2.13. The van der Waals surface area contributed by atoms with Crippen LogP contribution in [0.15, 0.2) is 12.2 Å². The number of unbranched alkanes of at least 4 members (excludes halogenated alkanes) is 3. The topological polar surface area (TPSA) is 18.5 Å². The fourth-order valence-corrected chi connectivity index (χ4v) is 1.49. The maximum Gasteiger partial charge on any atom is 0.157 e. The third-order valence-corrected chi connectivity index (χ3v) is 2.24. The lowest BCUT2D eigenvalue weighted by atomic mass is 10.1. The zero-order valence-corrected chi connectivity index (χ0v) is 8.50. The van der Waals surface area contributed by atoms with E-state index in [0.29, 0.717) is 0 Å². The van der Waals surface area contributed by atoms with Gasteiger partial charge < -0.3 is 9.47 Å². The van der Waals surface area contributed by atoms with Crippen LogP contribution < -0.4 is 0 Å². The van der Waals surface area contributed by atoms with Gasteiger partial charge in [-0.25, -0.2) is 0 Å². The number of hydrogen-bond acceptors (Lipinski definition) is 2. The summed E-state index contributed by atoms with van der Waals surface area (Å²) in [4.78, 5) is 0. The average molecular weight is 184 g/mol. The van der Waals surface area contributed by atoms with Gasteiger partial charge >= 0.3 is 0 Å². The molecule has 0 radical (unpaired) electrons. The molecule has 1 heterocycles. The number of ether oxygens (including phenoxy) is 2. The van der Waals surface area contributed by atoms with Crippen LogP contribution in [-0.2, 0) is 9.47 Å². The molecule has 0 saturated carbocycles. The smallest absolute Gasteiger partial charge is 0.157 e. The summed E-state index contributed by atoms with van der Waals surface area (Å²) in [5, 5.41) is 0. The maximum absolute atomic E-state index is 5.34. The average Bonchev–Trinajstić information content (AvgIpc) is 2.63. The van der Waals surface area contributed by atoms with E-state index in [-0.39, 0.29) is 6.29 Å². The van der Waals surface area contributed by atoms with E-state index in [1.54, 1.807) is 0 Å². The lowest BCUT2D eigenvalue weighted by Crippen LogP contribution is -2.06. The third kappa shape index (κ3) is 5.06. The second kappa shape index (κ2) is 7.10. The Morgan fingerprint density at radius 1 is 1.15 bits per heavy atom. The van der Waals surface area contributed by atoms with Gasteiger partial charge in [-0.3, -0.25) is 0 Å². The molecule has 76 valence electrons. The molecule has 13 heavy (non-hydrogen) atoms. The molecule has 0 aliphatic carbocycles. The third-order valence-electron chi connectivity index (χ3n) is 2.24. The van der Waals surface area contributed by atoms with Gasteiger partial charge in [0.15, 0.2) is 6.29 Å². The number of allylic oxidation sites excluding steroid dienone is 2. The summed E-state index contributed by atoms with van der Waals surface area (Å²) in [6.45, 7) is 3.63. The van der Waals surface area contributed by atoms with Gasteiger partial charge in [0.2, 0.25) is 0 Å². The molecule has 2 heteroatoms. The minimum Gasteiger partial charge on any atom is -0.350 e. The highest BCUT2D eigenvalue weighted by molar-refractivity contribution is 4.76. The van der Waals surface area contributed by atoms with Crippen molar-refractivity contribution >= 4 is 0 Å². The monoisotopic (exact) mass is 184 g/mol. The van der Waals surface area contributed by atoms with Crippen molar-refractivity contribution in [3.05, 3.63) is 12.2 Å². The van der Waals surface area contributed by atoms with Gasteiger partial charge in [-0.1, -0.05) is 18.6 Å². The molecule has 1 rings (SSSR count). The minimum absolute atomic E-state index is 0.0988. The summed E-state index contributed by atoms with van der Waals surface area (Å²) in [5.41, 5.74) is 0. The van der Waals surface area contributed by atoms with Crippen molar-refractivity contribution in [2.24, 2.45) is 0 Å². The molecule has 2 nitrogen and oxygen atoms in total. The van der Waals surface area contributed by atoms with E-state index in [4.69, 9.17) is 9.47 Å². The molecule has 0 spiro atoms. The summed E-state index contributed by atoms with van der Waals surface area (Å²) in [7, 11) is 0. The molecule has 1 aliphatic heterocycles. The van der Waals surface area contributed by atoms with E-state index in [0.717, 1.165) is 19.6 Å². The Balaban J connectivity index is 1.83. The predicted molar refractivity (Wildman–Crippen MR) is 53.6 cm³/mol. The van der Waals surface area contributed by atoms with E-state index in [9.17, 15) is 0 Å². The van der Waals surface area contributed by atoms with E-state index in [2.05, 4.69) is 19.1 Å². The van der Waals surface area contributed by atoms with Gasteiger partial charge in [0.05, 0.1) is 13.2 Å². The van der Waals surface area contributed by atoms with E-state index in [1.807, 2.05) is 0 Å². The van der Waals surface area contributed by atoms with Gasteiger partial charge in [-0.15, -0.1) is 0 Å². The first-order valence-corrected chi connectivity index (χ1v) is 5.28. The number of hydrogen-bond donors (Lipinski definition) is 0. The molecule has 1 saturated heterocycles. The molecule has 1 aliphatic rings. The molecule has 0 bridgehead atoms. The summed E-state index contributed by atoms with van der Waals surface area (Å²) < 4.78 is 10.7. The quantitative estimate of drug-likeness (QED) is 0.467. The largest absolute Gasteiger partial charge is 0.350 e. The maximum atomic E-state index is 5.34. The second-order valence-corrected chi connectivity index (χ2v) is 3.38. The summed E-state index contributed by atoms with van der Waals surface area (Å²) in [6.07, 6.45) is 10.5. The lowest BCUT2D eigenvalue weighted by molar-refractivity contribution is -0.0479. The molecule has 0 N–H and O–H groups in total. The molecule has 0 aromatic carbocycles. The van der Waals surface area contributed by atoms with Crippen LogP contribution in [-0.4, -0.2) is 19.5 Å². The number of rotatable bonds is 6. The van der Waals surface area contributed by atoms with Gasteiger partial charge in [0.1, 0.15) is 0 Å². The fourth-order valence-electron chi connectivity index (χ4n) is 1.49. The van der Waals surface area contributed by atoms with Crippen LogP contribution in [0.4, 0.5) is 0 Å². The van der Waals surface area contributed by atoms with Crippen molar-refractivity contribution < 1.29 is 9.47 Å². The van der Waals surface area contributed by atoms with Crippen LogP contribution in [0, 0.1) is 0 Å². The molecular weight excluding hydrogens is 164 g/mol. The van der Waals surface area contributed by atoms with Crippen LogP contribution in [0.5, 0.6) is 0 Å².